The molecule has 3 aromatic rings. The second-order valence-corrected chi connectivity index (χ2v) is 5.80. The first-order chi connectivity index (χ1) is 12.8. The van der Waals surface area contributed by atoms with Crippen molar-refractivity contribution in [2.45, 2.75) is 6.36 Å². The molecule has 0 unspecified atom stereocenters. The Labute approximate surface area is 156 Å². The Kier molecular flexibility index (Phi) is 5.09. The fourth-order valence-corrected chi connectivity index (χ4v) is 2.50. The van der Waals surface area contributed by atoms with Gasteiger partial charge in [0.2, 0.25) is 0 Å². The van der Waals surface area contributed by atoms with E-state index in [9.17, 15) is 18.0 Å². The summed E-state index contributed by atoms with van der Waals surface area (Å²) in [5.41, 5.74) is 1.67. The van der Waals surface area contributed by atoms with Crippen LogP contribution in [-0.4, -0.2) is 29.2 Å². The Morgan fingerprint density at radius 1 is 1.07 bits per heavy atom. The molecule has 0 spiro atoms. The maximum absolute atomic E-state index is 12.3. The number of ether oxygens (including phenoxy) is 2. The number of hydrogen-bond acceptors (Lipinski definition) is 4. The highest BCUT2D eigenvalue weighted by Gasteiger charge is 2.31. The summed E-state index contributed by atoms with van der Waals surface area (Å²) in [5.74, 6) is -1.02. The molecule has 1 heterocycles. The molecule has 9 heteroatoms. The summed E-state index contributed by atoms with van der Waals surface area (Å²) in [7, 11) is 1.22. The number of carbonyl (C=O) groups excluding carboxylic acids is 1. The maximum atomic E-state index is 12.3. The van der Waals surface area contributed by atoms with Crippen LogP contribution < -0.4 is 4.74 Å². The summed E-state index contributed by atoms with van der Waals surface area (Å²) in [5, 5.41) is 4.91. The van der Waals surface area contributed by atoms with Crippen LogP contribution in [0.4, 0.5) is 13.2 Å². The summed E-state index contributed by atoms with van der Waals surface area (Å²) in [6, 6.07) is 13.3. The molecule has 140 valence electrons. The van der Waals surface area contributed by atoms with Crippen molar-refractivity contribution in [2.24, 2.45) is 0 Å². The minimum Gasteiger partial charge on any atom is -0.464 e. The van der Waals surface area contributed by atoms with Crippen molar-refractivity contribution >= 4 is 17.6 Å². The zero-order chi connectivity index (χ0) is 19.6. The smallest absolute Gasteiger partial charge is 0.464 e. The van der Waals surface area contributed by atoms with E-state index in [0.29, 0.717) is 22.0 Å². The first kappa shape index (κ1) is 18.8. The molecule has 0 radical (unpaired) electrons. The van der Waals surface area contributed by atoms with Gasteiger partial charge >= 0.3 is 12.3 Å². The normalized spacial score (nSPS) is 11.3. The molecule has 27 heavy (non-hydrogen) atoms. The number of rotatable bonds is 4. The molecular formula is C18H12ClF3N2O3. The first-order valence-corrected chi connectivity index (χ1v) is 7.95. The second-order valence-electron chi connectivity index (χ2n) is 5.37. The van der Waals surface area contributed by atoms with Crippen LogP contribution in [0.2, 0.25) is 5.02 Å². The van der Waals surface area contributed by atoms with Crippen LogP contribution in [0.15, 0.2) is 54.6 Å². The molecule has 0 aliphatic carbocycles. The second kappa shape index (κ2) is 7.32. The number of hydrogen-bond donors (Lipinski definition) is 0. The third-order valence-corrected chi connectivity index (χ3v) is 3.81. The summed E-state index contributed by atoms with van der Waals surface area (Å²) in [4.78, 5) is 12.1. The van der Waals surface area contributed by atoms with Gasteiger partial charge in [-0.3, -0.25) is 0 Å². The van der Waals surface area contributed by atoms with Crippen LogP contribution in [0.25, 0.3) is 16.9 Å². The van der Waals surface area contributed by atoms with Crippen molar-refractivity contribution in [3.63, 3.8) is 0 Å². The number of esters is 1. The van der Waals surface area contributed by atoms with E-state index in [4.69, 9.17) is 16.3 Å². The largest absolute Gasteiger partial charge is 0.573 e. The van der Waals surface area contributed by atoms with Crippen LogP contribution in [0.5, 0.6) is 5.75 Å². The van der Waals surface area contributed by atoms with Gasteiger partial charge in [-0.05, 0) is 42.5 Å². The number of aromatic nitrogens is 2. The fourth-order valence-electron chi connectivity index (χ4n) is 2.38. The van der Waals surface area contributed by atoms with Crippen LogP contribution in [0.3, 0.4) is 0 Å². The number of nitrogens with zero attached hydrogens (tertiary/aromatic N) is 2. The lowest BCUT2D eigenvalue weighted by Crippen LogP contribution is -2.17. The number of halogens is 4. The van der Waals surface area contributed by atoms with E-state index in [1.165, 1.54) is 30.0 Å². The number of alkyl halides is 3. The van der Waals surface area contributed by atoms with Gasteiger partial charge < -0.3 is 9.47 Å². The standard InChI is InChI=1S/C18H12ClF3N2O3/c1-26-17(25)16-10-15(11-2-4-12(19)5-3-11)23-24(16)13-6-8-14(9-7-13)27-18(20,21)22/h2-10H,1H3. The van der Waals surface area contributed by atoms with Crippen LogP contribution >= 0.6 is 11.6 Å². The molecule has 0 amide bonds. The molecule has 0 atom stereocenters. The lowest BCUT2D eigenvalue weighted by Gasteiger charge is -2.10. The van der Waals surface area contributed by atoms with E-state index in [2.05, 4.69) is 9.84 Å². The van der Waals surface area contributed by atoms with E-state index in [1.807, 2.05) is 0 Å². The fraction of sp³-hybridized carbons (Fsp3) is 0.111. The van der Waals surface area contributed by atoms with Crippen LogP contribution in [0, 0.1) is 0 Å². The molecule has 0 saturated heterocycles. The van der Waals surface area contributed by atoms with Crippen molar-refractivity contribution in [1.82, 2.24) is 9.78 Å². The average molecular weight is 397 g/mol. The molecule has 0 saturated carbocycles. The molecule has 1 aromatic heterocycles. The molecule has 0 aliphatic heterocycles. The van der Waals surface area contributed by atoms with Gasteiger partial charge in [0.1, 0.15) is 5.75 Å². The summed E-state index contributed by atoms with van der Waals surface area (Å²) in [6.45, 7) is 0. The van der Waals surface area contributed by atoms with Crippen molar-refractivity contribution in [1.29, 1.82) is 0 Å². The van der Waals surface area contributed by atoms with E-state index >= 15 is 0 Å². The predicted octanol–water partition coefficient (Wildman–Crippen LogP) is 4.88. The van der Waals surface area contributed by atoms with Gasteiger partial charge in [0.15, 0.2) is 5.69 Å². The predicted molar refractivity (Wildman–Crippen MR) is 92.0 cm³/mol. The van der Waals surface area contributed by atoms with E-state index in [1.54, 1.807) is 24.3 Å². The van der Waals surface area contributed by atoms with Crippen molar-refractivity contribution in [3.05, 3.63) is 65.3 Å². The molecular weight excluding hydrogens is 385 g/mol. The molecule has 0 aliphatic rings. The molecule has 0 bridgehead atoms. The Balaban J connectivity index is 2.00. The Bertz CT molecular complexity index is 951. The van der Waals surface area contributed by atoms with Gasteiger partial charge in [-0.15, -0.1) is 13.2 Å². The Hall–Kier alpha value is -3.00. The highest BCUT2D eigenvalue weighted by molar-refractivity contribution is 6.30. The Morgan fingerprint density at radius 3 is 2.26 bits per heavy atom. The molecule has 0 fully saturated rings. The topological polar surface area (TPSA) is 53.3 Å². The minimum absolute atomic E-state index is 0.118. The zero-order valence-corrected chi connectivity index (χ0v) is 14.6. The van der Waals surface area contributed by atoms with E-state index in [0.717, 1.165) is 12.1 Å². The molecule has 2 aromatic carbocycles. The van der Waals surface area contributed by atoms with Gasteiger partial charge in [-0.25, -0.2) is 9.48 Å². The quantitative estimate of drug-likeness (QED) is 0.590. The van der Waals surface area contributed by atoms with E-state index in [-0.39, 0.29) is 11.4 Å². The monoisotopic (exact) mass is 396 g/mol. The lowest BCUT2D eigenvalue weighted by atomic mass is 10.1. The van der Waals surface area contributed by atoms with Gasteiger partial charge in [0.05, 0.1) is 18.5 Å². The van der Waals surface area contributed by atoms with Gasteiger partial charge in [0, 0.05) is 10.6 Å². The maximum Gasteiger partial charge on any atom is 0.573 e. The zero-order valence-electron chi connectivity index (χ0n) is 13.8. The average Bonchev–Trinajstić information content (AvgIpc) is 3.06. The molecule has 5 nitrogen and oxygen atoms in total. The van der Waals surface area contributed by atoms with Crippen molar-refractivity contribution in [2.75, 3.05) is 7.11 Å². The Morgan fingerprint density at radius 2 is 1.70 bits per heavy atom. The number of methoxy groups -OCH3 is 1. The van der Waals surface area contributed by atoms with Crippen LogP contribution in [0.1, 0.15) is 10.5 Å². The van der Waals surface area contributed by atoms with Crippen molar-refractivity contribution < 1.29 is 27.4 Å². The van der Waals surface area contributed by atoms with E-state index < -0.39 is 12.3 Å². The third-order valence-electron chi connectivity index (χ3n) is 3.56. The minimum atomic E-state index is -4.79. The third kappa shape index (κ3) is 4.40. The van der Waals surface area contributed by atoms with Gasteiger partial charge in [0.25, 0.3) is 0 Å². The summed E-state index contributed by atoms with van der Waals surface area (Å²) < 4.78 is 46.8. The first-order valence-electron chi connectivity index (χ1n) is 7.57. The SMILES string of the molecule is COC(=O)c1cc(-c2ccc(Cl)cc2)nn1-c1ccc(OC(F)(F)F)cc1. The molecule has 0 N–H and O–H groups in total. The highest BCUT2D eigenvalue weighted by atomic mass is 35.5. The highest BCUT2D eigenvalue weighted by Crippen LogP contribution is 2.26. The lowest BCUT2D eigenvalue weighted by molar-refractivity contribution is -0.274. The summed E-state index contributed by atoms with van der Waals surface area (Å²) in [6.07, 6.45) is -4.79. The van der Waals surface area contributed by atoms with Crippen molar-refractivity contribution in [3.8, 4) is 22.7 Å². The summed E-state index contributed by atoms with van der Waals surface area (Å²) >= 11 is 5.87. The molecule has 3 rings (SSSR count). The van der Waals surface area contributed by atoms with Gasteiger partial charge in [-0.2, -0.15) is 5.10 Å². The number of benzene rings is 2. The van der Waals surface area contributed by atoms with Crippen LogP contribution in [-0.2, 0) is 4.74 Å². The van der Waals surface area contributed by atoms with Gasteiger partial charge in [-0.1, -0.05) is 23.7 Å². The number of carbonyl (C=O) groups is 1.